The molecule has 10 heteroatoms. The van der Waals surface area contributed by atoms with E-state index in [2.05, 4.69) is 25.6 Å². The zero-order chi connectivity index (χ0) is 18.5. The molecule has 132 valence electrons. The Morgan fingerprint density at radius 1 is 1.00 bits per heavy atom. The van der Waals surface area contributed by atoms with Gasteiger partial charge in [-0.05, 0) is 36.4 Å². The van der Waals surface area contributed by atoms with Gasteiger partial charge in [-0.3, -0.25) is 15.1 Å². The molecule has 0 amide bonds. The number of hydrogen-bond donors (Lipinski definition) is 3. The van der Waals surface area contributed by atoms with Crippen LogP contribution in [-0.4, -0.2) is 27.0 Å². The van der Waals surface area contributed by atoms with Gasteiger partial charge in [-0.1, -0.05) is 0 Å². The second kappa shape index (κ2) is 7.30. The Morgan fingerprint density at radius 2 is 1.62 bits per heavy atom. The fraction of sp³-hybridized carbons (Fsp3) is 0.0625. The van der Waals surface area contributed by atoms with Gasteiger partial charge in [0.1, 0.15) is 5.75 Å². The van der Waals surface area contributed by atoms with Crippen LogP contribution < -0.4 is 21.1 Å². The summed E-state index contributed by atoms with van der Waals surface area (Å²) >= 11 is 0. The number of H-pyrrole nitrogens is 1. The van der Waals surface area contributed by atoms with E-state index in [0.29, 0.717) is 17.1 Å². The largest absolute Gasteiger partial charge is 0.497 e. The van der Waals surface area contributed by atoms with E-state index >= 15 is 0 Å². The Labute approximate surface area is 147 Å². The predicted molar refractivity (Wildman–Crippen MR) is 95.3 cm³/mol. The molecule has 0 unspecified atom stereocenters. The van der Waals surface area contributed by atoms with Crippen LogP contribution in [-0.2, 0) is 0 Å². The van der Waals surface area contributed by atoms with E-state index in [1.807, 2.05) is 0 Å². The Morgan fingerprint density at radius 3 is 2.23 bits per heavy atom. The number of methoxy groups -OCH3 is 1. The first-order chi connectivity index (χ1) is 12.5. The number of aromatic nitrogens is 3. The van der Waals surface area contributed by atoms with Crippen LogP contribution in [0.1, 0.15) is 0 Å². The van der Waals surface area contributed by atoms with Gasteiger partial charge in [-0.2, -0.15) is 9.97 Å². The molecule has 0 fully saturated rings. The molecule has 0 atom stereocenters. The van der Waals surface area contributed by atoms with Crippen LogP contribution in [0.5, 0.6) is 5.75 Å². The van der Waals surface area contributed by atoms with Crippen molar-refractivity contribution in [2.45, 2.75) is 0 Å². The molecule has 0 saturated carbocycles. The minimum atomic E-state index is -0.597. The molecule has 0 aliphatic rings. The summed E-state index contributed by atoms with van der Waals surface area (Å²) < 4.78 is 5.08. The summed E-state index contributed by atoms with van der Waals surface area (Å²) in [5.74, 6) is 0.949. The molecule has 0 bridgehead atoms. The molecule has 0 aliphatic carbocycles. The lowest BCUT2D eigenvalue weighted by molar-refractivity contribution is -0.384. The van der Waals surface area contributed by atoms with Crippen molar-refractivity contribution in [3.63, 3.8) is 0 Å². The average Bonchev–Trinajstić information content (AvgIpc) is 2.62. The van der Waals surface area contributed by atoms with Crippen LogP contribution in [0.15, 0.2) is 53.3 Å². The number of aromatic amines is 1. The highest BCUT2D eigenvalue weighted by molar-refractivity contribution is 5.58. The number of rotatable bonds is 6. The molecule has 3 aromatic rings. The van der Waals surface area contributed by atoms with E-state index in [1.54, 1.807) is 31.4 Å². The summed E-state index contributed by atoms with van der Waals surface area (Å²) in [7, 11) is 1.57. The standard InChI is InChI=1S/C16H14N6O4/c1-26-13-8-4-11(5-9-13)18-15-19-14(20-16(23)21-15)17-10-2-6-12(7-3-10)22(24)25/h2-9H,1H3,(H3,17,18,19,20,21,23). The summed E-state index contributed by atoms with van der Waals surface area (Å²) in [4.78, 5) is 32.3. The SMILES string of the molecule is COc1ccc(Nc2nc(Nc3ccc([N+](=O)[O-])cc3)nc(=O)[nH]2)cc1. The third-order valence-corrected chi connectivity index (χ3v) is 3.34. The molecular weight excluding hydrogens is 340 g/mol. The molecule has 3 N–H and O–H groups in total. The predicted octanol–water partition coefficient (Wildman–Crippen LogP) is 2.57. The van der Waals surface area contributed by atoms with E-state index in [-0.39, 0.29) is 17.6 Å². The lowest BCUT2D eigenvalue weighted by atomic mass is 10.3. The van der Waals surface area contributed by atoms with Crippen LogP contribution in [0, 0.1) is 10.1 Å². The topological polar surface area (TPSA) is 135 Å². The second-order valence-corrected chi connectivity index (χ2v) is 5.11. The highest BCUT2D eigenvalue weighted by Crippen LogP contribution is 2.20. The van der Waals surface area contributed by atoms with Crippen LogP contribution in [0.3, 0.4) is 0 Å². The molecule has 0 aliphatic heterocycles. The summed E-state index contributed by atoms with van der Waals surface area (Å²) in [6, 6.07) is 12.7. The van der Waals surface area contributed by atoms with E-state index in [1.165, 1.54) is 24.3 Å². The van der Waals surface area contributed by atoms with Crippen molar-refractivity contribution in [1.82, 2.24) is 15.0 Å². The maximum atomic E-state index is 11.7. The van der Waals surface area contributed by atoms with Gasteiger partial charge < -0.3 is 15.4 Å². The molecule has 26 heavy (non-hydrogen) atoms. The second-order valence-electron chi connectivity index (χ2n) is 5.11. The minimum Gasteiger partial charge on any atom is -0.497 e. The fourth-order valence-electron chi connectivity index (χ4n) is 2.11. The van der Waals surface area contributed by atoms with Gasteiger partial charge in [-0.15, -0.1) is 0 Å². The lowest BCUT2D eigenvalue weighted by Crippen LogP contribution is -2.16. The number of nitro benzene ring substituents is 1. The zero-order valence-corrected chi connectivity index (χ0v) is 13.6. The van der Waals surface area contributed by atoms with Crippen LogP contribution in [0.25, 0.3) is 0 Å². The summed E-state index contributed by atoms with van der Waals surface area (Å²) in [5.41, 5.74) is 0.572. The van der Waals surface area contributed by atoms with Crippen molar-refractivity contribution < 1.29 is 9.66 Å². The normalized spacial score (nSPS) is 10.2. The molecule has 3 rings (SSSR count). The first-order valence-electron chi connectivity index (χ1n) is 7.44. The maximum absolute atomic E-state index is 11.7. The fourth-order valence-corrected chi connectivity index (χ4v) is 2.11. The Balaban J connectivity index is 1.78. The first-order valence-corrected chi connectivity index (χ1v) is 7.44. The van der Waals surface area contributed by atoms with Crippen molar-refractivity contribution >= 4 is 29.0 Å². The van der Waals surface area contributed by atoms with Gasteiger partial charge in [0.25, 0.3) is 5.69 Å². The van der Waals surface area contributed by atoms with E-state index in [9.17, 15) is 14.9 Å². The summed E-state index contributed by atoms with van der Waals surface area (Å²) in [6.07, 6.45) is 0. The Hall–Kier alpha value is -3.95. The molecule has 1 heterocycles. The van der Waals surface area contributed by atoms with Gasteiger partial charge in [0.05, 0.1) is 12.0 Å². The highest BCUT2D eigenvalue weighted by atomic mass is 16.6. The smallest absolute Gasteiger partial charge is 0.351 e. The number of non-ortho nitro benzene ring substituents is 1. The Bertz CT molecular complexity index is 969. The number of nitrogens with zero attached hydrogens (tertiary/aromatic N) is 3. The summed E-state index contributed by atoms with van der Waals surface area (Å²) in [5, 5.41) is 16.5. The third kappa shape index (κ3) is 4.12. The number of anilines is 4. The maximum Gasteiger partial charge on any atom is 0.351 e. The van der Waals surface area contributed by atoms with Gasteiger partial charge in [0, 0.05) is 23.5 Å². The van der Waals surface area contributed by atoms with Crippen molar-refractivity contribution in [2.75, 3.05) is 17.7 Å². The number of hydrogen-bond acceptors (Lipinski definition) is 8. The molecule has 0 spiro atoms. The first kappa shape index (κ1) is 16.9. The van der Waals surface area contributed by atoms with Crippen LogP contribution in [0.4, 0.5) is 29.0 Å². The van der Waals surface area contributed by atoms with Crippen LogP contribution in [0.2, 0.25) is 0 Å². The third-order valence-electron chi connectivity index (χ3n) is 3.34. The van der Waals surface area contributed by atoms with Gasteiger partial charge in [-0.25, -0.2) is 4.79 Å². The van der Waals surface area contributed by atoms with E-state index < -0.39 is 10.6 Å². The monoisotopic (exact) mass is 354 g/mol. The average molecular weight is 354 g/mol. The quantitative estimate of drug-likeness (QED) is 0.454. The van der Waals surface area contributed by atoms with Crippen molar-refractivity contribution in [2.24, 2.45) is 0 Å². The number of nitrogens with one attached hydrogen (secondary N) is 3. The molecule has 2 aromatic carbocycles. The Kier molecular flexibility index (Phi) is 4.74. The number of benzene rings is 2. The zero-order valence-electron chi connectivity index (χ0n) is 13.6. The van der Waals surface area contributed by atoms with Crippen molar-refractivity contribution in [3.8, 4) is 5.75 Å². The lowest BCUT2D eigenvalue weighted by Gasteiger charge is -2.08. The molecule has 0 radical (unpaired) electrons. The number of ether oxygens (including phenoxy) is 1. The molecule has 0 saturated heterocycles. The molecule has 1 aromatic heterocycles. The number of nitro groups is 1. The van der Waals surface area contributed by atoms with E-state index in [4.69, 9.17) is 4.74 Å². The molecule has 10 nitrogen and oxygen atoms in total. The highest BCUT2D eigenvalue weighted by Gasteiger charge is 2.07. The van der Waals surface area contributed by atoms with Gasteiger partial charge in [0.15, 0.2) is 0 Å². The van der Waals surface area contributed by atoms with E-state index in [0.717, 1.165) is 0 Å². The molecular formula is C16H14N6O4. The van der Waals surface area contributed by atoms with Gasteiger partial charge >= 0.3 is 5.69 Å². The van der Waals surface area contributed by atoms with Gasteiger partial charge in [0.2, 0.25) is 11.9 Å². The minimum absolute atomic E-state index is 0.0377. The van der Waals surface area contributed by atoms with Crippen LogP contribution >= 0.6 is 0 Å². The van der Waals surface area contributed by atoms with Crippen molar-refractivity contribution in [1.29, 1.82) is 0 Å². The van der Waals surface area contributed by atoms with Crippen molar-refractivity contribution in [3.05, 3.63) is 69.1 Å². The summed E-state index contributed by atoms with van der Waals surface area (Å²) in [6.45, 7) is 0.